The lowest BCUT2D eigenvalue weighted by Crippen LogP contribution is -2.26. The van der Waals surface area contributed by atoms with Crippen molar-refractivity contribution in [2.45, 2.75) is 10.6 Å². The molecule has 0 aliphatic rings. The van der Waals surface area contributed by atoms with Gasteiger partial charge >= 0.3 is 0 Å². The van der Waals surface area contributed by atoms with Crippen molar-refractivity contribution in [2.24, 2.45) is 0 Å². The molecule has 0 unspecified atom stereocenters. The van der Waals surface area contributed by atoms with Crippen LogP contribution in [0.3, 0.4) is 0 Å². The molecule has 0 aliphatic heterocycles. The van der Waals surface area contributed by atoms with Crippen LogP contribution in [0.15, 0.2) is 64.6 Å². The zero-order valence-corrected chi connectivity index (χ0v) is 13.9. The van der Waals surface area contributed by atoms with Gasteiger partial charge in [-0.1, -0.05) is 18.2 Å². The number of furan rings is 1. The SMILES string of the molecule is C=CCSc1ccccc1C(=O)NCCSCc1ccco1. The van der Waals surface area contributed by atoms with Gasteiger partial charge in [0.05, 0.1) is 17.6 Å². The molecule has 2 rings (SSSR count). The van der Waals surface area contributed by atoms with E-state index in [1.165, 1.54) is 0 Å². The molecule has 3 nitrogen and oxygen atoms in total. The predicted molar refractivity (Wildman–Crippen MR) is 94.6 cm³/mol. The van der Waals surface area contributed by atoms with Crippen molar-refractivity contribution in [1.29, 1.82) is 0 Å². The molecule has 0 atom stereocenters. The fraction of sp³-hybridized carbons (Fsp3) is 0.235. The monoisotopic (exact) mass is 333 g/mol. The maximum atomic E-state index is 12.2. The highest BCUT2D eigenvalue weighted by atomic mass is 32.2. The van der Waals surface area contributed by atoms with E-state index in [-0.39, 0.29) is 5.91 Å². The van der Waals surface area contributed by atoms with Crippen molar-refractivity contribution in [3.63, 3.8) is 0 Å². The van der Waals surface area contributed by atoms with Crippen molar-refractivity contribution in [3.05, 3.63) is 66.6 Å². The summed E-state index contributed by atoms with van der Waals surface area (Å²) >= 11 is 3.36. The van der Waals surface area contributed by atoms with E-state index in [0.717, 1.165) is 33.5 Å². The molecular weight excluding hydrogens is 314 g/mol. The quantitative estimate of drug-likeness (QED) is 0.424. The number of rotatable bonds is 9. The number of carbonyl (C=O) groups excluding carboxylic acids is 1. The topological polar surface area (TPSA) is 42.2 Å². The van der Waals surface area contributed by atoms with E-state index >= 15 is 0 Å². The number of benzene rings is 1. The summed E-state index contributed by atoms with van der Waals surface area (Å²) in [4.78, 5) is 13.2. The smallest absolute Gasteiger partial charge is 0.252 e. The minimum absolute atomic E-state index is 0.0224. The number of nitrogens with one attached hydrogen (secondary N) is 1. The third-order valence-electron chi connectivity index (χ3n) is 2.84. The Bertz CT molecular complexity index is 596. The number of hydrogen-bond donors (Lipinski definition) is 1. The van der Waals surface area contributed by atoms with Gasteiger partial charge in [0.15, 0.2) is 0 Å². The van der Waals surface area contributed by atoms with Gasteiger partial charge < -0.3 is 9.73 Å². The fourth-order valence-electron chi connectivity index (χ4n) is 1.83. The van der Waals surface area contributed by atoms with Crippen molar-refractivity contribution < 1.29 is 9.21 Å². The van der Waals surface area contributed by atoms with Gasteiger partial charge in [0.1, 0.15) is 5.76 Å². The second-order valence-electron chi connectivity index (χ2n) is 4.48. The van der Waals surface area contributed by atoms with Gasteiger partial charge in [0, 0.05) is 22.9 Å². The predicted octanol–water partition coefficient (Wildman–Crippen LogP) is 4.22. The third-order valence-corrected chi connectivity index (χ3v) is 4.90. The molecule has 5 heteroatoms. The van der Waals surface area contributed by atoms with Crippen LogP contribution in [0.5, 0.6) is 0 Å². The van der Waals surface area contributed by atoms with Crippen LogP contribution in [0.25, 0.3) is 0 Å². The molecule has 1 amide bonds. The second-order valence-corrected chi connectivity index (χ2v) is 6.65. The molecule has 1 heterocycles. The third kappa shape index (κ3) is 5.31. The molecule has 0 saturated carbocycles. The lowest BCUT2D eigenvalue weighted by Gasteiger charge is -2.09. The average molecular weight is 333 g/mol. The summed E-state index contributed by atoms with van der Waals surface area (Å²) in [7, 11) is 0. The first-order valence-electron chi connectivity index (χ1n) is 7.02. The Kier molecular flexibility index (Phi) is 7.19. The molecule has 0 spiro atoms. The minimum Gasteiger partial charge on any atom is -0.468 e. The van der Waals surface area contributed by atoms with E-state index in [4.69, 9.17) is 4.42 Å². The molecule has 0 fully saturated rings. The van der Waals surface area contributed by atoms with Crippen molar-refractivity contribution in [3.8, 4) is 0 Å². The number of thioether (sulfide) groups is 2. The molecule has 116 valence electrons. The van der Waals surface area contributed by atoms with Crippen LogP contribution in [0.1, 0.15) is 16.1 Å². The van der Waals surface area contributed by atoms with Gasteiger partial charge in [-0.25, -0.2) is 0 Å². The highest BCUT2D eigenvalue weighted by Gasteiger charge is 2.10. The first-order chi connectivity index (χ1) is 10.8. The van der Waals surface area contributed by atoms with Gasteiger partial charge in [-0.3, -0.25) is 4.79 Å². The number of carbonyl (C=O) groups is 1. The van der Waals surface area contributed by atoms with Crippen LogP contribution >= 0.6 is 23.5 Å². The molecule has 1 aromatic carbocycles. The number of hydrogen-bond acceptors (Lipinski definition) is 4. The van der Waals surface area contributed by atoms with Crippen LogP contribution in [0, 0.1) is 0 Å². The standard InChI is InChI=1S/C17H19NO2S2/c1-2-11-22-16-8-4-3-7-15(16)17(19)18-9-12-21-13-14-6-5-10-20-14/h2-8,10H,1,9,11-13H2,(H,18,19). The molecule has 22 heavy (non-hydrogen) atoms. The first kappa shape index (κ1) is 16.8. The summed E-state index contributed by atoms with van der Waals surface area (Å²) in [6.07, 6.45) is 3.51. The maximum absolute atomic E-state index is 12.2. The maximum Gasteiger partial charge on any atom is 0.252 e. The summed E-state index contributed by atoms with van der Waals surface area (Å²) in [5.41, 5.74) is 0.727. The van der Waals surface area contributed by atoms with Gasteiger partial charge in [-0.2, -0.15) is 11.8 Å². The Morgan fingerprint density at radius 3 is 2.91 bits per heavy atom. The summed E-state index contributed by atoms with van der Waals surface area (Å²) in [6, 6.07) is 11.5. The van der Waals surface area contributed by atoms with Crippen molar-refractivity contribution in [2.75, 3.05) is 18.1 Å². The van der Waals surface area contributed by atoms with Gasteiger partial charge in [-0.05, 0) is 24.3 Å². The zero-order chi connectivity index (χ0) is 15.6. The molecule has 1 N–H and O–H groups in total. The lowest BCUT2D eigenvalue weighted by atomic mass is 10.2. The lowest BCUT2D eigenvalue weighted by molar-refractivity contribution is 0.0953. The van der Waals surface area contributed by atoms with Crippen LogP contribution in [-0.2, 0) is 5.75 Å². The Labute approximate surface area is 139 Å². The summed E-state index contributed by atoms with van der Waals surface area (Å²) in [6.45, 7) is 4.35. The Morgan fingerprint density at radius 1 is 1.27 bits per heavy atom. The van der Waals surface area contributed by atoms with Crippen LogP contribution in [0.2, 0.25) is 0 Å². The molecule has 0 aliphatic carbocycles. The molecule has 0 radical (unpaired) electrons. The van der Waals surface area contributed by atoms with E-state index in [1.807, 2.05) is 42.5 Å². The van der Waals surface area contributed by atoms with Crippen molar-refractivity contribution >= 4 is 29.4 Å². The Morgan fingerprint density at radius 2 is 2.14 bits per heavy atom. The number of amides is 1. The van der Waals surface area contributed by atoms with Gasteiger partial charge in [-0.15, -0.1) is 18.3 Å². The average Bonchev–Trinajstić information content (AvgIpc) is 3.06. The van der Waals surface area contributed by atoms with Gasteiger partial charge in [0.25, 0.3) is 5.91 Å². The molecule has 0 saturated heterocycles. The van der Waals surface area contributed by atoms with Crippen LogP contribution in [0.4, 0.5) is 0 Å². The highest BCUT2D eigenvalue weighted by Crippen LogP contribution is 2.22. The summed E-state index contributed by atoms with van der Waals surface area (Å²) < 4.78 is 5.26. The summed E-state index contributed by atoms with van der Waals surface area (Å²) in [5.74, 6) is 3.42. The second kappa shape index (κ2) is 9.43. The Hall–Kier alpha value is -1.59. The highest BCUT2D eigenvalue weighted by molar-refractivity contribution is 7.99. The summed E-state index contributed by atoms with van der Waals surface area (Å²) in [5, 5.41) is 2.97. The molecule has 0 bridgehead atoms. The van der Waals surface area contributed by atoms with Gasteiger partial charge in [0.2, 0.25) is 0 Å². The molecule has 1 aromatic heterocycles. The van der Waals surface area contributed by atoms with E-state index < -0.39 is 0 Å². The Balaban J connectivity index is 1.75. The largest absolute Gasteiger partial charge is 0.468 e. The van der Waals surface area contributed by atoms with Crippen LogP contribution < -0.4 is 5.32 Å². The van der Waals surface area contributed by atoms with Crippen LogP contribution in [-0.4, -0.2) is 24.0 Å². The zero-order valence-electron chi connectivity index (χ0n) is 12.3. The molecular formula is C17H19NO2S2. The normalized spacial score (nSPS) is 10.4. The van der Waals surface area contributed by atoms with E-state index in [9.17, 15) is 4.79 Å². The minimum atomic E-state index is -0.0224. The van der Waals surface area contributed by atoms with E-state index in [2.05, 4.69) is 11.9 Å². The van der Waals surface area contributed by atoms with E-state index in [1.54, 1.807) is 29.8 Å². The van der Waals surface area contributed by atoms with E-state index in [0.29, 0.717) is 6.54 Å². The van der Waals surface area contributed by atoms with Crippen molar-refractivity contribution in [1.82, 2.24) is 5.32 Å². The first-order valence-corrected chi connectivity index (χ1v) is 9.16. The fourth-order valence-corrected chi connectivity index (χ4v) is 3.37. The molecule has 2 aromatic rings.